The standard InChI is InChI=1S/C22H20N4O/c1-16-7-9-18(10-8-16)21-25-22(27-26-21)19-11-12-20(24-15-19)23-14-13-17-5-3-2-4-6-17/h2-12,15H,13-14H2,1H3,(H,23,24). The number of hydrogen-bond acceptors (Lipinski definition) is 5. The van der Waals surface area contributed by atoms with E-state index in [0.29, 0.717) is 11.7 Å². The Morgan fingerprint density at radius 3 is 2.41 bits per heavy atom. The highest BCUT2D eigenvalue weighted by molar-refractivity contribution is 5.60. The minimum Gasteiger partial charge on any atom is -0.370 e. The van der Waals surface area contributed by atoms with Crippen molar-refractivity contribution in [3.8, 4) is 22.8 Å². The lowest BCUT2D eigenvalue weighted by Crippen LogP contribution is -2.05. The second-order valence-electron chi connectivity index (χ2n) is 6.38. The summed E-state index contributed by atoms with van der Waals surface area (Å²) in [5.74, 6) is 1.87. The largest absolute Gasteiger partial charge is 0.370 e. The van der Waals surface area contributed by atoms with E-state index in [1.165, 1.54) is 11.1 Å². The number of nitrogens with zero attached hydrogens (tertiary/aromatic N) is 3. The first-order valence-corrected chi connectivity index (χ1v) is 8.93. The monoisotopic (exact) mass is 356 g/mol. The van der Waals surface area contributed by atoms with Gasteiger partial charge in [0.2, 0.25) is 5.82 Å². The Morgan fingerprint density at radius 2 is 1.67 bits per heavy atom. The summed E-state index contributed by atoms with van der Waals surface area (Å²) in [7, 11) is 0. The average Bonchev–Trinajstić information content (AvgIpc) is 3.20. The Kier molecular flexibility index (Phi) is 4.92. The SMILES string of the molecule is Cc1ccc(-c2noc(-c3ccc(NCCc4ccccc4)nc3)n2)cc1. The molecule has 0 saturated heterocycles. The van der Waals surface area contributed by atoms with E-state index in [9.17, 15) is 0 Å². The maximum atomic E-state index is 5.39. The summed E-state index contributed by atoms with van der Waals surface area (Å²) in [5, 5.41) is 7.40. The minimum absolute atomic E-state index is 0.467. The van der Waals surface area contributed by atoms with Crippen LogP contribution in [0.1, 0.15) is 11.1 Å². The molecule has 4 aromatic rings. The first-order valence-electron chi connectivity index (χ1n) is 8.93. The molecule has 5 nitrogen and oxygen atoms in total. The van der Waals surface area contributed by atoms with Crippen LogP contribution in [-0.4, -0.2) is 21.7 Å². The van der Waals surface area contributed by atoms with Crippen molar-refractivity contribution in [3.63, 3.8) is 0 Å². The third kappa shape index (κ3) is 4.20. The number of pyridine rings is 1. The predicted octanol–water partition coefficient (Wildman–Crippen LogP) is 4.76. The van der Waals surface area contributed by atoms with Crippen LogP contribution in [0.2, 0.25) is 0 Å². The number of benzene rings is 2. The van der Waals surface area contributed by atoms with E-state index in [1.54, 1.807) is 6.20 Å². The summed E-state index contributed by atoms with van der Waals surface area (Å²) in [6.07, 6.45) is 2.70. The fourth-order valence-corrected chi connectivity index (χ4v) is 2.77. The molecule has 2 heterocycles. The van der Waals surface area contributed by atoms with Gasteiger partial charge in [0.05, 0.1) is 5.56 Å². The van der Waals surface area contributed by atoms with Crippen molar-refractivity contribution < 1.29 is 4.52 Å². The van der Waals surface area contributed by atoms with Crippen molar-refractivity contribution >= 4 is 5.82 Å². The molecule has 5 heteroatoms. The fraction of sp³-hybridized carbons (Fsp3) is 0.136. The highest BCUT2D eigenvalue weighted by Gasteiger charge is 2.11. The average molecular weight is 356 g/mol. The van der Waals surface area contributed by atoms with Crippen molar-refractivity contribution in [2.24, 2.45) is 0 Å². The third-order valence-electron chi connectivity index (χ3n) is 4.31. The molecular weight excluding hydrogens is 336 g/mol. The van der Waals surface area contributed by atoms with E-state index < -0.39 is 0 Å². The molecule has 0 aliphatic heterocycles. The molecule has 0 aliphatic carbocycles. The van der Waals surface area contributed by atoms with Gasteiger partial charge in [-0.15, -0.1) is 0 Å². The van der Waals surface area contributed by atoms with E-state index >= 15 is 0 Å². The molecule has 1 N–H and O–H groups in total. The first kappa shape index (κ1) is 17.0. The van der Waals surface area contributed by atoms with Gasteiger partial charge in [-0.2, -0.15) is 4.98 Å². The Hall–Kier alpha value is -3.47. The minimum atomic E-state index is 0.467. The summed E-state index contributed by atoms with van der Waals surface area (Å²) in [4.78, 5) is 8.91. The number of anilines is 1. The Balaban J connectivity index is 1.39. The number of aromatic nitrogens is 3. The Labute approximate surface area is 158 Å². The summed E-state index contributed by atoms with van der Waals surface area (Å²) in [6, 6.07) is 22.3. The van der Waals surface area contributed by atoms with Crippen LogP contribution in [0.15, 0.2) is 77.4 Å². The summed E-state index contributed by atoms with van der Waals surface area (Å²) >= 11 is 0. The quantitative estimate of drug-likeness (QED) is 0.539. The van der Waals surface area contributed by atoms with Crippen molar-refractivity contribution in [1.82, 2.24) is 15.1 Å². The third-order valence-corrected chi connectivity index (χ3v) is 4.31. The van der Waals surface area contributed by atoms with Gasteiger partial charge in [-0.3, -0.25) is 0 Å². The fourth-order valence-electron chi connectivity index (χ4n) is 2.77. The van der Waals surface area contributed by atoms with Gasteiger partial charge in [0.25, 0.3) is 5.89 Å². The van der Waals surface area contributed by atoms with Crippen LogP contribution in [-0.2, 0) is 6.42 Å². The molecule has 0 bridgehead atoms. The maximum Gasteiger partial charge on any atom is 0.259 e. The van der Waals surface area contributed by atoms with Crippen molar-refractivity contribution in [2.45, 2.75) is 13.3 Å². The van der Waals surface area contributed by atoms with Crippen LogP contribution in [0.5, 0.6) is 0 Å². The van der Waals surface area contributed by atoms with Gasteiger partial charge < -0.3 is 9.84 Å². The van der Waals surface area contributed by atoms with E-state index in [4.69, 9.17) is 4.52 Å². The van der Waals surface area contributed by atoms with Gasteiger partial charge >= 0.3 is 0 Å². The molecule has 0 unspecified atom stereocenters. The van der Waals surface area contributed by atoms with Crippen LogP contribution < -0.4 is 5.32 Å². The molecule has 27 heavy (non-hydrogen) atoms. The lowest BCUT2D eigenvalue weighted by molar-refractivity contribution is 0.432. The zero-order chi connectivity index (χ0) is 18.5. The summed E-state index contributed by atoms with van der Waals surface area (Å²) < 4.78 is 5.39. The first-order chi connectivity index (χ1) is 13.3. The van der Waals surface area contributed by atoms with E-state index in [1.807, 2.05) is 49.4 Å². The summed E-state index contributed by atoms with van der Waals surface area (Å²) in [6.45, 7) is 2.88. The maximum absolute atomic E-state index is 5.39. The smallest absolute Gasteiger partial charge is 0.259 e. The van der Waals surface area contributed by atoms with Gasteiger partial charge in [0, 0.05) is 18.3 Å². The zero-order valence-electron chi connectivity index (χ0n) is 15.1. The molecule has 0 amide bonds. The molecule has 134 valence electrons. The van der Waals surface area contributed by atoms with E-state index in [2.05, 4.69) is 44.7 Å². The molecule has 4 rings (SSSR count). The van der Waals surface area contributed by atoms with Crippen molar-refractivity contribution in [2.75, 3.05) is 11.9 Å². The van der Waals surface area contributed by atoms with Crippen LogP contribution in [0.25, 0.3) is 22.8 Å². The lowest BCUT2D eigenvalue weighted by Gasteiger charge is -2.05. The van der Waals surface area contributed by atoms with Gasteiger partial charge in [0.15, 0.2) is 0 Å². The number of nitrogens with one attached hydrogen (secondary N) is 1. The lowest BCUT2D eigenvalue weighted by atomic mass is 10.1. The number of rotatable bonds is 6. The number of hydrogen-bond donors (Lipinski definition) is 1. The Morgan fingerprint density at radius 1 is 0.889 bits per heavy atom. The van der Waals surface area contributed by atoms with Gasteiger partial charge in [-0.05, 0) is 31.0 Å². The highest BCUT2D eigenvalue weighted by atomic mass is 16.5. The van der Waals surface area contributed by atoms with Gasteiger partial charge in [-0.25, -0.2) is 4.98 Å². The normalized spacial score (nSPS) is 10.7. The predicted molar refractivity (Wildman–Crippen MR) is 106 cm³/mol. The topological polar surface area (TPSA) is 63.8 Å². The molecule has 0 atom stereocenters. The van der Waals surface area contributed by atoms with Crippen LogP contribution in [0, 0.1) is 6.92 Å². The molecule has 0 saturated carbocycles. The van der Waals surface area contributed by atoms with Crippen LogP contribution >= 0.6 is 0 Å². The second kappa shape index (κ2) is 7.83. The molecule has 2 aromatic heterocycles. The second-order valence-corrected chi connectivity index (χ2v) is 6.38. The van der Waals surface area contributed by atoms with Crippen molar-refractivity contribution in [1.29, 1.82) is 0 Å². The number of aryl methyl sites for hydroxylation is 1. The van der Waals surface area contributed by atoms with E-state index in [-0.39, 0.29) is 0 Å². The highest BCUT2D eigenvalue weighted by Crippen LogP contribution is 2.22. The van der Waals surface area contributed by atoms with Crippen LogP contribution in [0.3, 0.4) is 0 Å². The molecular formula is C22H20N4O. The molecule has 2 aromatic carbocycles. The molecule has 0 radical (unpaired) electrons. The van der Waals surface area contributed by atoms with Gasteiger partial charge in [0.1, 0.15) is 5.82 Å². The molecule has 0 spiro atoms. The van der Waals surface area contributed by atoms with Crippen molar-refractivity contribution in [3.05, 3.63) is 84.1 Å². The Bertz CT molecular complexity index is 993. The molecule has 0 aliphatic rings. The van der Waals surface area contributed by atoms with E-state index in [0.717, 1.165) is 29.9 Å². The summed E-state index contributed by atoms with van der Waals surface area (Å²) in [5.41, 5.74) is 4.23. The molecule has 0 fully saturated rings. The zero-order valence-corrected chi connectivity index (χ0v) is 15.1. The van der Waals surface area contributed by atoms with Crippen LogP contribution in [0.4, 0.5) is 5.82 Å². The van der Waals surface area contributed by atoms with Gasteiger partial charge in [-0.1, -0.05) is 65.3 Å².